The van der Waals surface area contributed by atoms with Crippen molar-refractivity contribution in [2.45, 2.75) is 572 Å². The van der Waals surface area contributed by atoms with Gasteiger partial charge in [-0.25, -0.2) is 0 Å². The smallest absolute Gasteiger partial charge is 0.343 e. The third kappa shape index (κ3) is 68.5. The second-order valence-corrected chi connectivity index (χ2v) is 41.2. The first kappa shape index (κ1) is 120. The predicted octanol–water partition coefficient (Wildman–Crippen LogP) is 32.1. The van der Waals surface area contributed by atoms with Crippen LogP contribution >= 0.6 is 67.1 Å². The van der Waals surface area contributed by atoms with Crippen molar-refractivity contribution < 1.29 is 71.4 Å². The summed E-state index contributed by atoms with van der Waals surface area (Å²) in [7, 11) is 0. The van der Waals surface area contributed by atoms with Crippen LogP contribution in [0.4, 0.5) is 0 Å². The zero-order valence-electron chi connectivity index (χ0n) is 81.1. The van der Waals surface area contributed by atoms with Crippen LogP contribution in [0, 0.1) is 4.08 Å². The van der Waals surface area contributed by atoms with Crippen molar-refractivity contribution >= 4 is 103 Å². The molecule has 2 saturated heterocycles. The fourth-order valence-electron chi connectivity index (χ4n) is 16.9. The normalized spacial score (nSPS) is 18.8. The van der Waals surface area contributed by atoms with Gasteiger partial charge in [0.05, 0.1) is 5.75 Å². The van der Waals surface area contributed by atoms with Crippen LogP contribution in [0.2, 0.25) is 0 Å². The fourth-order valence-corrected chi connectivity index (χ4v) is 20.7. The molecular weight excluding hydrogens is 1850 g/mol. The van der Waals surface area contributed by atoms with E-state index in [1.54, 1.807) is 11.8 Å². The Bertz CT molecular complexity index is 2730. The summed E-state index contributed by atoms with van der Waals surface area (Å²) < 4.78 is 70.1. The molecule has 0 aromatic rings. The van der Waals surface area contributed by atoms with Crippen molar-refractivity contribution in [3.63, 3.8) is 0 Å². The Morgan fingerprint density at radius 3 is 0.754 bits per heavy atom. The molecule has 126 heavy (non-hydrogen) atoms. The van der Waals surface area contributed by atoms with Gasteiger partial charge >= 0.3 is 39.9 Å². The monoisotopic (exact) mass is 2040 g/mol. The Morgan fingerprint density at radius 2 is 0.524 bits per heavy atom. The van der Waals surface area contributed by atoms with Gasteiger partial charge in [0.2, 0.25) is 12.6 Å². The van der Waals surface area contributed by atoms with Gasteiger partial charge in [0, 0.05) is 59.7 Å². The van der Waals surface area contributed by atoms with E-state index in [2.05, 4.69) is 63.9 Å². The maximum atomic E-state index is 15.1. The van der Waals surface area contributed by atoms with Crippen molar-refractivity contribution in [2.75, 3.05) is 34.0 Å². The van der Waals surface area contributed by atoms with E-state index in [0.29, 0.717) is 56.6 Å². The lowest BCUT2D eigenvalue weighted by molar-refractivity contribution is -0.371. The Balaban J connectivity index is 3.05. The van der Waals surface area contributed by atoms with Gasteiger partial charge in [-0.2, -0.15) is 28.4 Å². The van der Waals surface area contributed by atoms with Gasteiger partial charge in [-0.1, -0.05) is 432 Å². The number of esters is 6. The van der Waals surface area contributed by atoms with E-state index in [4.69, 9.17) is 48.2 Å². The second-order valence-electron chi connectivity index (χ2n) is 36.2. The molecule has 4 unspecified atom stereocenters. The molecule has 10 atom stereocenters. The van der Waals surface area contributed by atoms with Gasteiger partial charge in [-0.15, -0.1) is 5.53 Å². The Morgan fingerprint density at radius 1 is 0.310 bits per heavy atom. The molecule has 0 radical (unpaired) electrons. The number of hydrogen-bond acceptors (Lipinski definition) is 18. The first-order valence-electron chi connectivity index (χ1n) is 52.5. The molecule has 734 valence electrons. The van der Waals surface area contributed by atoms with Crippen molar-refractivity contribution in [2.24, 2.45) is 8.48 Å². The number of thioether (sulfide) groups is 2. The van der Waals surface area contributed by atoms with Crippen LogP contribution in [0.25, 0.3) is 15.3 Å². The Kier molecular flexibility index (Phi) is 85.6. The van der Waals surface area contributed by atoms with Crippen molar-refractivity contribution in [3.8, 4) is 4.08 Å². The molecule has 0 aromatic heterocycles. The summed E-state index contributed by atoms with van der Waals surface area (Å²) in [5.41, 5.74) is 9.00. The molecule has 2 aliphatic rings. The zero-order valence-corrected chi connectivity index (χ0v) is 87.0. The highest BCUT2D eigenvalue weighted by atomic mass is 127. The van der Waals surface area contributed by atoms with E-state index in [-0.39, 0.29) is 50.0 Å². The first-order valence-corrected chi connectivity index (χ1v) is 58.4. The highest BCUT2D eigenvalue weighted by Crippen LogP contribution is 2.39. The van der Waals surface area contributed by atoms with Gasteiger partial charge in [0.1, 0.15) is 55.8 Å². The zero-order chi connectivity index (χ0) is 91.1. The second kappa shape index (κ2) is 90.3. The molecule has 0 N–H and O–H groups in total. The van der Waals surface area contributed by atoms with E-state index in [9.17, 15) is 9.59 Å². The van der Waals surface area contributed by atoms with Crippen LogP contribution < -0.4 is 0 Å². The van der Waals surface area contributed by atoms with Crippen LogP contribution in [0.3, 0.4) is 0 Å². The highest BCUT2D eigenvalue weighted by Gasteiger charge is 2.58. The van der Waals surface area contributed by atoms with E-state index in [0.717, 1.165) is 165 Å². The number of rotatable bonds is 91. The molecular formula is C102H186I2N5O15S2+. The molecule has 2 rings (SSSR count). The number of carbonyl (C=O) groups excluding carboxylic acids is 6. The molecule has 0 bridgehead atoms. The topological polar surface area (TPSA) is 251 Å². The minimum atomic E-state index is -1.65. The van der Waals surface area contributed by atoms with Gasteiger partial charge in [-0.05, 0) is 54.0 Å². The quantitative estimate of drug-likeness (QED) is 0.00631. The number of alkyl halides is 1. The van der Waals surface area contributed by atoms with Crippen LogP contribution in [0.15, 0.2) is 8.48 Å². The standard InChI is InChI=1S/C102H186I2N5O15S2/c1-7-13-19-25-31-37-43-49-55-61-67-74-89(110)118-95-87(84-125-82-73-80-104-107-109-108-105)116-101(99(122-93(114)78-71-65-59-53-47-41-35-29-23-17-11-5)97(95)120-91(112)76-69-63-57-51-45-39-33-27-21-15-9-3)124-102-100(123-94(115)79-72-66-60-54-48-42-36-30-24-18-12-6)98(121-92(113)77-70-64-58-52-46-40-34-28-22-16-10-4)96(88(117-102)85-126-83-81-106-86-103)119-90(111)75-68-62-56-50-44-38-32-26-20-14-8-2/h87-88,95-102H,7-85H2,1-6H3/q+1/t87?,88-,95-,96-,97+,98?,99?,100?,101-,102-/m1/s1. The van der Waals surface area contributed by atoms with Crippen molar-refractivity contribution in [1.82, 2.24) is 0 Å². The molecule has 20 nitrogen and oxygen atoms in total. The van der Waals surface area contributed by atoms with Crippen LogP contribution in [-0.4, -0.2) is 131 Å². The van der Waals surface area contributed by atoms with Crippen molar-refractivity contribution in [1.29, 1.82) is 0 Å². The van der Waals surface area contributed by atoms with Gasteiger partial charge < -0.3 is 42.6 Å². The summed E-state index contributed by atoms with van der Waals surface area (Å²) in [6.45, 7) is 13.9. The summed E-state index contributed by atoms with van der Waals surface area (Å²) >= 11 is 4.28. The molecule has 0 saturated carbocycles. The van der Waals surface area contributed by atoms with Crippen molar-refractivity contribution in [3.05, 3.63) is 15.3 Å². The third-order valence-corrected chi connectivity index (χ3v) is 28.8. The summed E-state index contributed by atoms with van der Waals surface area (Å²) in [5, 5.41) is 3.44. The molecule has 0 spiro atoms. The average molecular weight is 2040 g/mol. The molecule has 2 aliphatic heterocycles. The van der Waals surface area contributed by atoms with Crippen LogP contribution in [0.1, 0.15) is 510 Å². The number of nitrogens with zero attached hydrogens (tertiary/aromatic N) is 5. The number of ether oxygens (including phenoxy) is 9. The number of carbonyl (C=O) groups is 6. The predicted molar refractivity (Wildman–Crippen MR) is 540 cm³/mol. The minimum absolute atomic E-state index is 0.0259. The molecule has 24 heteroatoms. The van der Waals surface area contributed by atoms with Crippen LogP contribution in [0.5, 0.6) is 0 Å². The molecule has 0 aromatic carbocycles. The SMILES string of the molecule is CCCCCCCCCCCCCC(=O)OC1C(OC(=O)CCCCCCCCCCCCC)[C@H](OC(=O)CCCCCCCCCCCCC)[C@@H](CSCC[N+]#CI)O[C@@H]1O[C@H]1OC(CSCCCI=NN=[N+]=[N-])[C@@H](OC(=O)CCCCCCCCCCCCC)[C@H](OC(=O)CCCCCCCCCCCCC)C1OC(=O)CCCCCCCCCCCCC. The maximum absolute atomic E-state index is 15.1. The molecule has 2 heterocycles. The van der Waals surface area contributed by atoms with E-state index in [1.807, 2.05) is 22.6 Å². The summed E-state index contributed by atoms with van der Waals surface area (Å²) in [6, 6.07) is 0. The number of halogens is 2. The van der Waals surface area contributed by atoms with Crippen LogP contribution in [-0.2, 0) is 71.4 Å². The minimum Gasteiger partial charge on any atom is -0.455 e. The van der Waals surface area contributed by atoms with E-state index >= 15 is 19.2 Å². The molecule has 0 aliphatic carbocycles. The lowest BCUT2D eigenvalue weighted by atomic mass is 9.97. The third-order valence-electron chi connectivity index (χ3n) is 24.6. The number of azide groups is 1. The summed E-state index contributed by atoms with van der Waals surface area (Å²) in [4.78, 5) is 97.0. The van der Waals surface area contributed by atoms with Gasteiger partial charge in [0.25, 0.3) is 6.54 Å². The summed E-state index contributed by atoms with van der Waals surface area (Å²) in [5.74, 6) is -1.75. The average Bonchev–Trinajstić information content (AvgIpc) is 0.765. The maximum Gasteiger partial charge on any atom is 0.343 e. The molecule has 2 fully saturated rings. The first-order chi connectivity index (χ1) is 61.9. The van der Waals surface area contributed by atoms with Gasteiger partial charge in [0.15, 0.2) is 36.6 Å². The van der Waals surface area contributed by atoms with Gasteiger partial charge in [-0.3, -0.25) is 28.8 Å². The van der Waals surface area contributed by atoms with E-state index < -0.39 is 118 Å². The van der Waals surface area contributed by atoms with E-state index in [1.165, 1.54) is 243 Å². The lowest BCUT2D eigenvalue weighted by Gasteiger charge is -2.48. The summed E-state index contributed by atoms with van der Waals surface area (Å²) in [6.07, 6.45) is 58.7. The Hall–Kier alpha value is -2.54. The fraction of sp³-hybridized carbons (Fsp3) is 0.931. The Labute approximate surface area is 801 Å². The number of hydrogen-bond donors (Lipinski definition) is 0. The number of unbranched alkanes of at least 4 members (excludes halogenated alkanes) is 60. The molecule has 0 amide bonds. The highest BCUT2D eigenvalue weighted by molar-refractivity contribution is 14.2. The lowest BCUT2D eigenvalue weighted by Crippen LogP contribution is -2.66. The largest absolute Gasteiger partial charge is 0.455 e.